The number of hydrogen-bond donors (Lipinski definition) is 2. The maximum Gasteiger partial charge on any atom is 0.235 e. The van der Waals surface area contributed by atoms with Crippen LogP contribution in [0.1, 0.15) is 6.42 Å². The van der Waals surface area contributed by atoms with E-state index in [1.54, 1.807) is 0 Å². The molecule has 0 aromatic heterocycles. The van der Waals surface area contributed by atoms with E-state index in [0.29, 0.717) is 6.54 Å². The Morgan fingerprint density at radius 2 is 2.54 bits per heavy atom. The summed E-state index contributed by atoms with van der Waals surface area (Å²) in [5.41, 5.74) is 5.68. The van der Waals surface area contributed by atoms with Crippen molar-refractivity contribution in [3.05, 3.63) is 0 Å². The first-order valence-corrected chi connectivity index (χ1v) is 4.34. The minimum Gasteiger partial charge on any atom is -0.342 e. The molecule has 5 nitrogen and oxygen atoms in total. The molecule has 0 spiro atoms. The second-order valence-electron chi connectivity index (χ2n) is 3.22. The van der Waals surface area contributed by atoms with Gasteiger partial charge in [-0.15, -0.1) is 0 Å². The second kappa shape index (κ2) is 4.80. The fourth-order valence-electron chi connectivity index (χ4n) is 1.40. The van der Waals surface area contributed by atoms with E-state index in [1.165, 1.54) is 0 Å². The van der Waals surface area contributed by atoms with Crippen LogP contribution in [0.4, 0.5) is 0 Å². The molecule has 1 rings (SSSR count). The third kappa shape index (κ3) is 3.40. The predicted octanol–water partition coefficient (Wildman–Crippen LogP) is -1.34. The number of amides is 1. The van der Waals surface area contributed by atoms with Gasteiger partial charge in [-0.3, -0.25) is 9.69 Å². The number of nitriles is 1. The molecule has 0 aromatic rings. The Hall–Kier alpha value is -1.12. The van der Waals surface area contributed by atoms with Crippen LogP contribution in [-0.2, 0) is 4.79 Å². The van der Waals surface area contributed by atoms with Crippen molar-refractivity contribution in [2.24, 2.45) is 5.73 Å². The van der Waals surface area contributed by atoms with Crippen LogP contribution in [0.15, 0.2) is 0 Å². The van der Waals surface area contributed by atoms with Crippen molar-refractivity contribution in [1.29, 1.82) is 5.26 Å². The molecule has 1 aliphatic rings. The molecule has 5 heteroatoms. The largest absolute Gasteiger partial charge is 0.342 e. The average molecular weight is 182 g/mol. The molecule has 1 aliphatic heterocycles. The van der Waals surface area contributed by atoms with Crippen molar-refractivity contribution in [2.75, 3.05) is 26.2 Å². The van der Waals surface area contributed by atoms with Gasteiger partial charge in [0.2, 0.25) is 5.91 Å². The van der Waals surface area contributed by atoms with E-state index in [1.807, 2.05) is 11.0 Å². The Bertz CT molecular complexity index is 223. The van der Waals surface area contributed by atoms with E-state index < -0.39 is 0 Å². The van der Waals surface area contributed by atoms with E-state index in [-0.39, 0.29) is 18.5 Å². The molecule has 72 valence electrons. The normalized spacial score (nSPS) is 22.6. The van der Waals surface area contributed by atoms with E-state index in [9.17, 15) is 4.79 Å². The monoisotopic (exact) mass is 182 g/mol. The van der Waals surface area contributed by atoms with Crippen molar-refractivity contribution in [2.45, 2.75) is 12.5 Å². The predicted molar refractivity (Wildman–Crippen MR) is 47.7 cm³/mol. The number of nitrogens with one attached hydrogen (secondary N) is 1. The Labute approximate surface area is 77.5 Å². The number of nitrogens with zero attached hydrogens (tertiary/aromatic N) is 2. The number of carbonyl (C=O) groups is 1. The van der Waals surface area contributed by atoms with Crippen LogP contribution in [0.3, 0.4) is 0 Å². The summed E-state index contributed by atoms with van der Waals surface area (Å²) in [6, 6.07) is 2.06. The van der Waals surface area contributed by atoms with E-state index in [2.05, 4.69) is 5.32 Å². The molecule has 3 N–H and O–H groups in total. The number of rotatable bonds is 3. The lowest BCUT2D eigenvalue weighted by atomic mass is 10.3. The van der Waals surface area contributed by atoms with Crippen molar-refractivity contribution >= 4 is 5.91 Å². The van der Waals surface area contributed by atoms with Gasteiger partial charge in [0.25, 0.3) is 0 Å². The first-order valence-electron chi connectivity index (χ1n) is 4.34. The molecular weight excluding hydrogens is 168 g/mol. The molecule has 0 unspecified atom stereocenters. The lowest BCUT2D eigenvalue weighted by Gasteiger charge is -2.13. The molecule has 0 aliphatic carbocycles. The molecule has 1 heterocycles. The lowest BCUT2D eigenvalue weighted by molar-refractivity contribution is -0.121. The quantitative estimate of drug-likeness (QED) is 0.529. The Kier molecular flexibility index (Phi) is 3.68. The van der Waals surface area contributed by atoms with Crippen LogP contribution in [-0.4, -0.2) is 43.0 Å². The van der Waals surface area contributed by atoms with Gasteiger partial charge in [-0.2, -0.15) is 5.26 Å². The van der Waals surface area contributed by atoms with Crippen LogP contribution >= 0.6 is 0 Å². The van der Waals surface area contributed by atoms with Gasteiger partial charge in [0.05, 0.1) is 12.6 Å². The van der Waals surface area contributed by atoms with Gasteiger partial charge in [-0.1, -0.05) is 0 Å². The van der Waals surface area contributed by atoms with Crippen molar-refractivity contribution < 1.29 is 4.79 Å². The first kappa shape index (κ1) is 9.96. The summed E-state index contributed by atoms with van der Waals surface area (Å²) >= 11 is 0. The first-order chi connectivity index (χ1) is 6.22. The zero-order valence-electron chi connectivity index (χ0n) is 7.49. The molecule has 1 amide bonds. The van der Waals surface area contributed by atoms with Gasteiger partial charge in [-0.05, 0) is 6.42 Å². The Morgan fingerprint density at radius 1 is 1.77 bits per heavy atom. The Balaban J connectivity index is 2.18. The average Bonchev–Trinajstić information content (AvgIpc) is 2.48. The standard InChI is InChI=1S/C8H14N4O/c9-2-3-11-8(13)6-12-4-1-7(10)5-12/h7H,1,3-6,10H2,(H,11,13)/t7-/m1/s1. The lowest BCUT2D eigenvalue weighted by Crippen LogP contribution is -2.37. The van der Waals surface area contributed by atoms with E-state index in [4.69, 9.17) is 11.0 Å². The number of nitrogens with two attached hydrogens (primary N) is 1. The van der Waals surface area contributed by atoms with Crippen molar-refractivity contribution in [3.8, 4) is 6.07 Å². The molecule has 0 aromatic carbocycles. The summed E-state index contributed by atoms with van der Waals surface area (Å²) in [7, 11) is 0. The van der Waals surface area contributed by atoms with E-state index in [0.717, 1.165) is 19.5 Å². The zero-order chi connectivity index (χ0) is 9.68. The molecule has 0 radical (unpaired) electrons. The molecule has 0 saturated carbocycles. The molecule has 1 fully saturated rings. The number of hydrogen-bond acceptors (Lipinski definition) is 4. The molecule has 0 bridgehead atoms. The summed E-state index contributed by atoms with van der Waals surface area (Å²) in [5.74, 6) is -0.101. The second-order valence-corrected chi connectivity index (χ2v) is 3.22. The van der Waals surface area contributed by atoms with Gasteiger partial charge in [0.1, 0.15) is 6.54 Å². The summed E-state index contributed by atoms with van der Waals surface area (Å²) in [5, 5.41) is 10.7. The van der Waals surface area contributed by atoms with Crippen LogP contribution < -0.4 is 11.1 Å². The highest BCUT2D eigenvalue weighted by molar-refractivity contribution is 5.78. The number of carbonyl (C=O) groups excluding carboxylic acids is 1. The van der Waals surface area contributed by atoms with Crippen LogP contribution in [0, 0.1) is 11.3 Å². The topological polar surface area (TPSA) is 82.2 Å². The van der Waals surface area contributed by atoms with Crippen LogP contribution in [0.25, 0.3) is 0 Å². The highest BCUT2D eigenvalue weighted by atomic mass is 16.2. The highest BCUT2D eigenvalue weighted by Crippen LogP contribution is 2.05. The minimum absolute atomic E-state index is 0.0821. The summed E-state index contributed by atoms with van der Waals surface area (Å²) < 4.78 is 0. The summed E-state index contributed by atoms with van der Waals surface area (Å²) in [4.78, 5) is 13.1. The third-order valence-corrected chi connectivity index (χ3v) is 2.04. The maximum absolute atomic E-state index is 11.1. The Morgan fingerprint density at radius 3 is 3.08 bits per heavy atom. The SMILES string of the molecule is N#CCNC(=O)CN1CC[C@@H](N)C1. The zero-order valence-corrected chi connectivity index (χ0v) is 7.49. The highest BCUT2D eigenvalue weighted by Gasteiger charge is 2.20. The van der Waals surface area contributed by atoms with Crippen molar-refractivity contribution in [1.82, 2.24) is 10.2 Å². The number of likely N-dealkylation sites (tertiary alicyclic amines) is 1. The van der Waals surface area contributed by atoms with E-state index >= 15 is 0 Å². The minimum atomic E-state index is -0.101. The van der Waals surface area contributed by atoms with Gasteiger partial charge >= 0.3 is 0 Å². The molecule has 1 saturated heterocycles. The van der Waals surface area contributed by atoms with Gasteiger partial charge in [0, 0.05) is 19.1 Å². The molecular formula is C8H14N4O. The fourth-order valence-corrected chi connectivity index (χ4v) is 1.40. The van der Waals surface area contributed by atoms with Crippen LogP contribution in [0.2, 0.25) is 0 Å². The molecule has 13 heavy (non-hydrogen) atoms. The molecule has 1 atom stereocenters. The third-order valence-electron chi connectivity index (χ3n) is 2.04. The fraction of sp³-hybridized carbons (Fsp3) is 0.750. The smallest absolute Gasteiger partial charge is 0.235 e. The van der Waals surface area contributed by atoms with Crippen molar-refractivity contribution in [3.63, 3.8) is 0 Å². The van der Waals surface area contributed by atoms with Gasteiger partial charge in [-0.25, -0.2) is 0 Å². The van der Waals surface area contributed by atoms with Crippen LogP contribution in [0.5, 0.6) is 0 Å². The maximum atomic E-state index is 11.1. The van der Waals surface area contributed by atoms with Gasteiger partial charge in [0.15, 0.2) is 0 Å². The van der Waals surface area contributed by atoms with Gasteiger partial charge < -0.3 is 11.1 Å². The summed E-state index contributed by atoms with van der Waals surface area (Å²) in [6.07, 6.45) is 0.950. The summed E-state index contributed by atoms with van der Waals surface area (Å²) in [6.45, 7) is 2.09.